The van der Waals surface area contributed by atoms with Crippen molar-refractivity contribution in [2.45, 2.75) is 60.7 Å². The zero-order chi connectivity index (χ0) is 28.9. The summed E-state index contributed by atoms with van der Waals surface area (Å²) < 4.78 is 33.0. The number of ether oxygens (including phenoxy) is 1. The molecule has 2 aromatic rings. The molecule has 0 saturated heterocycles. The molecule has 0 fully saturated rings. The van der Waals surface area contributed by atoms with Crippen molar-refractivity contribution in [3.05, 3.63) is 58.6 Å². The molecule has 11 nitrogen and oxygen atoms in total. The van der Waals surface area contributed by atoms with Gasteiger partial charge in [0.25, 0.3) is 5.91 Å². The van der Waals surface area contributed by atoms with Gasteiger partial charge < -0.3 is 10.1 Å². The molecule has 0 saturated carbocycles. The minimum atomic E-state index is -3.99. The number of rotatable bonds is 10. The van der Waals surface area contributed by atoms with Gasteiger partial charge in [0, 0.05) is 23.6 Å². The topological polar surface area (TPSA) is 145 Å². The molecule has 38 heavy (non-hydrogen) atoms. The molecule has 1 atom stereocenters. The molecule has 1 N–H and O–H groups in total. The summed E-state index contributed by atoms with van der Waals surface area (Å²) in [6.07, 6.45) is 2.00. The van der Waals surface area contributed by atoms with E-state index in [1.54, 1.807) is 71.9 Å². The predicted octanol–water partition coefficient (Wildman–Crippen LogP) is 2.68. The molecule has 0 aliphatic rings. The van der Waals surface area contributed by atoms with Crippen LogP contribution in [0, 0.1) is 10.8 Å². The Labute approximate surface area is 223 Å². The first kappa shape index (κ1) is 30.8. The molecule has 0 radical (unpaired) electrons. The molecule has 1 aromatic heterocycles. The van der Waals surface area contributed by atoms with E-state index >= 15 is 0 Å². The molecule has 0 spiro atoms. The maximum atomic E-state index is 12.8. The molecule has 0 aliphatic carbocycles. The quantitative estimate of drug-likeness (QED) is 0.446. The number of carbonyl (C=O) groups excluding carboxylic acids is 3. The van der Waals surface area contributed by atoms with Crippen molar-refractivity contribution < 1.29 is 27.5 Å². The van der Waals surface area contributed by atoms with Crippen LogP contribution < -0.4 is 11.0 Å². The van der Waals surface area contributed by atoms with E-state index in [0.29, 0.717) is 5.56 Å². The predicted molar refractivity (Wildman–Crippen MR) is 143 cm³/mol. The Hall–Kier alpha value is -3.38. The summed E-state index contributed by atoms with van der Waals surface area (Å²) >= 11 is 0. The Morgan fingerprint density at radius 2 is 1.63 bits per heavy atom. The maximum absolute atomic E-state index is 12.8. The van der Waals surface area contributed by atoms with E-state index in [1.807, 2.05) is 0 Å². The second-order valence-corrected chi connectivity index (χ2v) is 13.0. The number of hydrogen-bond donors (Lipinski definition) is 1. The number of esters is 1. The van der Waals surface area contributed by atoms with Crippen LogP contribution in [0.4, 0.5) is 5.82 Å². The lowest BCUT2D eigenvalue weighted by atomic mass is 9.87. The van der Waals surface area contributed by atoms with Crippen molar-refractivity contribution in [3.8, 4) is 0 Å². The molecule has 12 heteroatoms. The number of hydrogen-bond acceptors (Lipinski definition) is 8. The standard InChI is InChI=1S/C26H36N4O7S/c1-25(2,3)20(31)15-19(16-37-23(33)26(4,5)6)30(38(7,35)36)17-29-14-13-21(28-24(29)34)27-22(32)18-11-9-8-10-12-18/h8-14,19H,15-17H2,1-7H3,(H,27,28,32,34). The first-order valence-electron chi connectivity index (χ1n) is 12.0. The zero-order valence-electron chi connectivity index (χ0n) is 22.8. The van der Waals surface area contributed by atoms with Crippen LogP contribution in [0.25, 0.3) is 0 Å². The van der Waals surface area contributed by atoms with Gasteiger partial charge in [0.1, 0.15) is 18.2 Å². The van der Waals surface area contributed by atoms with Crippen LogP contribution in [0.5, 0.6) is 0 Å². The molecule has 2 rings (SSSR count). The van der Waals surface area contributed by atoms with E-state index < -0.39 is 51.1 Å². The van der Waals surface area contributed by atoms with Crippen molar-refractivity contribution in [1.29, 1.82) is 0 Å². The summed E-state index contributed by atoms with van der Waals surface area (Å²) in [4.78, 5) is 54.2. The lowest BCUT2D eigenvalue weighted by Gasteiger charge is -2.31. The first-order chi connectivity index (χ1) is 17.4. The van der Waals surface area contributed by atoms with Gasteiger partial charge in [0.15, 0.2) is 0 Å². The van der Waals surface area contributed by atoms with E-state index in [9.17, 15) is 27.6 Å². The highest BCUT2D eigenvalue weighted by atomic mass is 32.2. The average Bonchev–Trinajstić information content (AvgIpc) is 2.79. The van der Waals surface area contributed by atoms with E-state index in [-0.39, 0.29) is 24.6 Å². The lowest BCUT2D eigenvalue weighted by Crippen LogP contribution is -2.47. The number of anilines is 1. The highest BCUT2D eigenvalue weighted by molar-refractivity contribution is 7.88. The Kier molecular flexibility index (Phi) is 9.73. The Morgan fingerprint density at radius 3 is 2.13 bits per heavy atom. The van der Waals surface area contributed by atoms with Gasteiger partial charge in [-0.05, 0) is 39.0 Å². The number of Topliss-reactive ketones (excluding diaryl/α,β-unsaturated/α-hetero) is 1. The van der Waals surface area contributed by atoms with Gasteiger partial charge in [-0.25, -0.2) is 13.2 Å². The summed E-state index contributed by atoms with van der Waals surface area (Å²) in [5.41, 5.74) is -2.06. The van der Waals surface area contributed by atoms with Crippen LogP contribution in [0.3, 0.4) is 0 Å². The van der Waals surface area contributed by atoms with Crippen molar-refractivity contribution in [1.82, 2.24) is 13.9 Å². The minimum Gasteiger partial charge on any atom is -0.464 e. The molecule has 1 aromatic carbocycles. The van der Waals surface area contributed by atoms with Crippen LogP contribution in [-0.4, -0.2) is 58.8 Å². The number of amides is 1. The van der Waals surface area contributed by atoms with E-state index in [1.165, 1.54) is 12.3 Å². The largest absolute Gasteiger partial charge is 0.464 e. The Morgan fingerprint density at radius 1 is 1.03 bits per heavy atom. The molecular formula is C26H36N4O7S. The minimum absolute atomic E-state index is 0.00965. The van der Waals surface area contributed by atoms with Crippen LogP contribution >= 0.6 is 0 Å². The number of nitrogens with one attached hydrogen (secondary N) is 1. The van der Waals surface area contributed by atoms with Gasteiger partial charge in [0.05, 0.1) is 24.4 Å². The highest BCUT2D eigenvalue weighted by Gasteiger charge is 2.35. The first-order valence-corrected chi connectivity index (χ1v) is 13.9. The normalized spacial score (nSPS) is 13.2. The second kappa shape index (κ2) is 12.0. The maximum Gasteiger partial charge on any atom is 0.350 e. The van der Waals surface area contributed by atoms with Gasteiger partial charge in [-0.1, -0.05) is 39.0 Å². The zero-order valence-corrected chi connectivity index (χ0v) is 23.7. The van der Waals surface area contributed by atoms with Crippen molar-refractivity contribution in [3.63, 3.8) is 0 Å². The van der Waals surface area contributed by atoms with E-state index in [2.05, 4.69) is 10.3 Å². The third kappa shape index (κ3) is 8.88. The molecule has 1 unspecified atom stereocenters. The molecule has 1 amide bonds. The second-order valence-electron chi connectivity index (χ2n) is 11.1. The SMILES string of the molecule is CC(C)(C)C(=O)CC(COC(=O)C(C)(C)C)N(Cn1ccc(NC(=O)c2ccccc2)nc1=O)S(C)(=O)=O. The number of carbonyl (C=O) groups is 3. The summed E-state index contributed by atoms with van der Waals surface area (Å²) in [5, 5.41) is 2.52. The van der Waals surface area contributed by atoms with E-state index in [4.69, 9.17) is 4.74 Å². The van der Waals surface area contributed by atoms with Gasteiger partial charge in [-0.2, -0.15) is 9.29 Å². The molecule has 1 heterocycles. The Balaban J connectivity index is 2.34. The Bertz CT molecular complexity index is 1320. The monoisotopic (exact) mass is 548 g/mol. The summed E-state index contributed by atoms with van der Waals surface area (Å²) in [6.45, 7) is 9.22. The summed E-state index contributed by atoms with van der Waals surface area (Å²) in [7, 11) is -3.99. The van der Waals surface area contributed by atoms with E-state index in [0.717, 1.165) is 15.1 Å². The van der Waals surface area contributed by atoms with Gasteiger partial charge in [-0.15, -0.1) is 0 Å². The number of ketones is 1. The fourth-order valence-corrected chi connectivity index (χ4v) is 4.19. The van der Waals surface area contributed by atoms with Crippen molar-refractivity contribution in [2.24, 2.45) is 10.8 Å². The fourth-order valence-electron chi connectivity index (χ4n) is 3.18. The van der Waals surface area contributed by atoms with Crippen molar-refractivity contribution >= 4 is 33.5 Å². The van der Waals surface area contributed by atoms with Crippen LogP contribution in [0.1, 0.15) is 58.3 Å². The van der Waals surface area contributed by atoms with Crippen LogP contribution in [-0.2, 0) is 31.0 Å². The van der Waals surface area contributed by atoms with Gasteiger partial charge in [-0.3, -0.25) is 19.0 Å². The number of sulfonamides is 1. The van der Waals surface area contributed by atoms with Gasteiger partial charge >= 0.3 is 11.7 Å². The average molecular weight is 549 g/mol. The molecule has 0 aliphatic heterocycles. The van der Waals surface area contributed by atoms with Crippen LogP contribution in [0.15, 0.2) is 47.4 Å². The number of benzene rings is 1. The van der Waals surface area contributed by atoms with Gasteiger partial charge in [0.2, 0.25) is 10.0 Å². The third-order valence-electron chi connectivity index (χ3n) is 5.55. The smallest absolute Gasteiger partial charge is 0.350 e. The summed E-state index contributed by atoms with van der Waals surface area (Å²) in [5.74, 6) is -1.28. The summed E-state index contributed by atoms with van der Waals surface area (Å²) in [6, 6.07) is 8.65. The molecule has 208 valence electrons. The third-order valence-corrected chi connectivity index (χ3v) is 6.82. The fraction of sp³-hybridized carbons (Fsp3) is 0.500. The highest BCUT2D eigenvalue weighted by Crippen LogP contribution is 2.23. The molecule has 0 bridgehead atoms. The van der Waals surface area contributed by atoms with Crippen LogP contribution in [0.2, 0.25) is 0 Å². The van der Waals surface area contributed by atoms with Crippen molar-refractivity contribution in [2.75, 3.05) is 18.2 Å². The molecular weight excluding hydrogens is 512 g/mol. The number of aromatic nitrogens is 2. The lowest BCUT2D eigenvalue weighted by molar-refractivity contribution is -0.155. The number of nitrogens with zero attached hydrogens (tertiary/aromatic N) is 3.